The lowest BCUT2D eigenvalue weighted by molar-refractivity contribution is 0.0702. The molecule has 3 rings (SSSR count). The van der Waals surface area contributed by atoms with Crippen LogP contribution in [0.3, 0.4) is 0 Å². The number of hydrogen-bond donors (Lipinski definition) is 1. The Kier molecular flexibility index (Phi) is 3.55. The summed E-state index contributed by atoms with van der Waals surface area (Å²) < 4.78 is 11.4. The largest absolute Gasteiger partial charge is 0.493 e. The SMILES string of the molecule is CCOc1cc2c(cc1-c1ncc(C(=O)O)s1)OC(C)C2. The Hall–Kier alpha value is -2.08. The highest BCUT2D eigenvalue weighted by Gasteiger charge is 2.23. The lowest BCUT2D eigenvalue weighted by Crippen LogP contribution is -2.05. The lowest BCUT2D eigenvalue weighted by atomic mass is 10.1. The van der Waals surface area contributed by atoms with Crippen molar-refractivity contribution in [3.05, 3.63) is 28.8 Å². The Bertz CT molecular complexity index is 695. The van der Waals surface area contributed by atoms with Gasteiger partial charge in [-0.3, -0.25) is 0 Å². The molecule has 0 saturated heterocycles. The summed E-state index contributed by atoms with van der Waals surface area (Å²) in [5, 5.41) is 9.65. The summed E-state index contributed by atoms with van der Waals surface area (Å²) in [7, 11) is 0. The minimum atomic E-state index is -0.970. The summed E-state index contributed by atoms with van der Waals surface area (Å²) in [5.41, 5.74) is 1.90. The average Bonchev–Trinajstić information content (AvgIpc) is 3.03. The molecule has 0 saturated carbocycles. The van der Waals surface area contributed by atoms with Crippen LogP contribution < -0.4 is 9.47 Å². The molecule has 1 aromatic heterocycles. The highest BCUT2D eigenvalue weighted by Crippen LogP contribution is 2.41. The third-order valence-electron chi connectivity index (χ3n) is 3.24. The Balaban J connectivity index is 2.07. The van der Waals surface area contributed by atoms with Gasteiger partial charge in [-0.15, -0.1) is 11.3 Å². The molecule has 110 valence electrons. The minimum Gasteiger partial charge on any atom is -0.493 e. The zero-order chi connectivity index (χ0) is 15.0. The number of aromatic nitrogens is 1. The van der Waals surface area contributed by atoms with Gasteiger partial charge in [-0.1, -0.05) is 0 Å². The van der Waals surface area contributed by atoms with Crippen molar-refractivity contribution in [2.45, 2.75) is 26.4 Å². The van der Waals surface area contributed by atoms with E-state index in [0.717, 1.165) is 40.4 Å². The second-order valence-electron chi connectivity index (χ2n) is 4.86. The molecule has 0 amide bonds. The van der Waals surface area contributed by atoms with E-state index in [1.807, 2.05) is 26.0 Å². The number of carbonyl (C=O) groups is 1. The van der Waals surface area contributed by atoms with E-state index in [2.05, 4.69) is 4.98 Å². The first-order valence-electron chi connectivity index (χ1n) is 6.74. The van der Waals surface area contributed by atoms with Crippen LogP contribution in [0.15, 0.2) is 18.3 Å². The molecule has 1 aromatic carbocycles. The fourth-order valence-electron chi connectivity index (χ4n) is 2.38. The summed E-state index contributed by atoms with van der Waals surface area (Å²) in [5.74, 6) is 0.580. The number of nitrogens with zero attached hydrogens (tertiary/aromatic N) is 1. The topological polar surface area (TPSA) is 68.7 Å². The van der Waals surface area contributed by atoms with Crippen LogP contribution in [-0.2, 0) is 6.42 Å². The Morgan fingerprint density at radius 2 is 2.38 bits per heavy atom. The molecule has 0 aliphatic carbocycles. The number of thiazole rings is 1. The number of rotatable bonds is 4. The van der Waals surface area contributed by atoms with Gasteiger partial charge in [0.05, 0.1) is 18.4 Å². The quantitative estimate of drug-likeness (QED) is 0.939. The molecule has 0 bridgehead atoms. The predicted octanol–water partition coefficient (Wildman–Crippen LogP) is 3.23. The van der Waals surface area contributed by atoms with Crippen molar-refractivity contribution in [2.24, 2.45) is 0 Å². The van der Waals surface area contributed by atoms with Crippen LogP contribution in [0, 0.1) is 0 Å². The van der Waals surface area contributed by atoms with Gasteiger partial charge >= 0.3 is 5.97 Å². The van der Waals surface area contributed by atoms with E-state index in [0.29, 0.717) is 11.6 Å². The van der Waals surface area contributed by atoms with Crippen LogP contribution in [-0.4, -0.2) is 28.8 Å². The fraction of sp³-hybridized carbons (Fsp3) is 0.333. The number of carboxylic acids is 1. The molecule has 6 heteroatoms. The van der Waals surface area contributed by atoms with Crippen molar-refractivity contribution in [1.29, 1.82) is 0 Å². The van der Waals surface area contributed by atoms with Crippen LogP contribution in [0.1, 0.15) is 29.1 Å². The second-order valence-corrected chi connectivity index (χ2v) is 5.89. The number of benzene rings is 1. The van der Waals surface area contributed by atoms with E-state index in [-0.39, 0.29) is 11.0 Å². The molecule has 1 N–H and O–H groups in total. The van der Waals surface area contributed by atoms with E-state index < -0.39 is 5.97 Å². The number of aromatic carboxylic acids is 1. The number of ether oxygens (including phenoxy) is 2. The summed E-state index contributed by atoms with van der Waals surface area (Å²) in [6, 6.07) is 3.87. The molecule has 5 nitrogen and oxygen atoms in total. The molecule has 1 aliphatic rings. The summed E-state index contributed by atoms with van der Waals surface area (Å²) in [4.78, 5) is 15.4. The van der Waals surface area contributed by atoms with Crippen LogP contribution in [0.25, 0.3) is 10.6 Å². The van der Waals surface area contributed by atoms with E-state index in [1.165, 1.54) is 6.20 Å². The Morgan fingerprint density at radius 3 is 3.05 bits per heavy atom. The minimum absolute atomic E-state index is 0.149. The lowest BCUT2D eigenvalue weighted by Gasteiger charge is -2.10. The molecule has 0 fully saturated rings. The van der Waals surface area contributed by atoms with Crippen LogP contribution in [0.2, 0.25) is 0 Å². The number of fused-ring (bicyclic) bond motifs is 1. The molecule has 1 atom stereocenters. The maximum Gasteiger partial charge on any atom is 0.347 e. The summed E-state index contributed by atoms with van der Waals surface area (Å²) in [6.07, 6.45) is 2.37. The third-order valence-corrected chi connectivity index (χ3v) is 4.26. The van der Waals surface area contributed by atoms with E-state index in [4.69, 9.17) is 14.6 Å². The standard InChI is InChI=1S/C15H15NO4S/c1-3-19-12-5-9-4-8(2)20-11(9)6-10(12)14-16-7-13(21-14)15(17)18/h5-8H,3-4H2,1-2H3,(H,17,18). The first kappa shape index (κ1) is 13.9. The second kappa shape index (κ2) is 5.37. The van der Waals surface area contributed by atoms with Crippen molar-refractivity contribution < 1.29 is 19.4 Å². The van der Waals surface area contributed by atoms with Crippen molar-refractivity contribution in [2.75, 3.05) is 6.61 Å². The summed E-state index contributed by atoms with van der Waals surface area (Å²) in [6.45, 7) is 4.48. The van der Waals surface area contributed by atoms with Gasteiger partial charge in [0.1, 0.15) is 27.5 Å². The zero-order valence-corrected chi connectivity index (χ0v) is 12.6. The molecule has 1 unspecified atom stereocenters. The smallest absolute Gasteiger partial charge is 0.347 e. The molecular weight excluding hydrogens is 290 g/mol. The molecule has 1 aliphatic heterocycles. The Labute approximate surface area is 126 Å². The third kappa shape index (κ3) is 2.58. The highest BCUT2D eigenvalue weighted by atomic mass is 32.1. The van der Waals surface area contributed by atoms with Crippen molar-refractivity contribution in [3.63, 3.8) is 0 Å². The van der Waals surface area contributed by atoms with E-state index in [9.17, 15) is 4.79 Å². The van der Waals surface area contributed by atoms with E-state index >= 15 is 0 Å². The van der Waals surface area contributed by atoms with Crippen LogP contribution in [0.5, 0.6) is 11.5 Å². The van der Waals surface area contributed by atoms with Gasteiger partial charge in [0.25, 0.3) is 0 Å². The van der Waals surface area contributed by atoms with Crippen LogP contribution in [0.4, 0.5) is 0 Å². The van der Waals surface area contributed by atoms with Crippen molar-refractivity contribution >= 4 is 17.3 Å². The first-order valence-corrected chi connectivity index (χ1v) is 7.56. The highest BCUT2D eigenvalue weighted by molar-refractivity contribution is 7.16. The van der Waals surface area contributed by atoms with Gasteiger partial charge in [0, 0.05) is 12.0 Å². The van der Waals surface area contributed by atoms with Gasteiger partial charge in [-0.2, -0.15) is 0 Å². The van der Waals surface area contributed by atoms with Gasteiger partial charge in [0.15, 0.2) is 0 Å². The molecule has 21 heavy (non-hydrogen) atoms. The number of carboxylic acid groups (broad SMARTS) is 1. The predicted molar refractivity (Wildman–Crippen MR) is 79.5 cm³/mol. The maximum atomic E-state index is 11.0. The van der Waals surface area contributed by atoms with Crippen LogP contribution >= 0.6 is 11.3 Å². The first-order chi connectivity index (χ1) is 10.1. The molecule has 0 radical (unpaired) electrons. The van der Waals surface area contributed by atoms with Crippen molar-refractivity contribution in [1.82, 2.24) is 4.98 Å². The monoisotopic (exact) mass is 305 g/mol. The molecule has 2 heterocycles. The van der Waals surface area contributed by atoms with Gasteiger partial charge in [-0.25, -0.2) is 9.78 Å². The van der Waals surface area contributed by atoms with Gasteiger partial charge in [-0.05, 0) is 26.0 Å². The van der Waals surface area contributed by atoms with Gasteiger partial charge < -0.3 is 14.6 Å². The zero-order valence-electron chi connectivity index (χ0n) is 11.8. The normalized spacial score (nSPS) is 16.4. The maximum absolute atomic E-state index is 11.0. The molecule has 0 spiro atoms. The van der Waals surface area contributed by atoms with Crippen molar-refractivity contribution in [3.8, 4) is 22.1 Å². The average molecular weight is 305 g/mol. The van der Waals surface area contributed by atoms with Gasteiger partial charge in [0.2, 0.25) is 0 Å². The number of hydrogen-bond acceptors (Lipinski definition) is 5. The molecular formula is C15H15NO4S. The summed E-state index contributed by atoms with van der Waals surface area (Å²) >= 11 is 1.13. The Morgan fingerprint density at radius 1 is 1.57 bits per heavy atom. The van der Waals surface area contributed by atoms with E-state index in [1.54, 1.807) is 0 Å². The molecule has 2 aromatic rings. The fourth-order valence-corrected chi connectivity index (χ4v) is 3.15.